The van der Waals surface area contributed by atoms with Gasteiger partial charge in [-0.3, -0.25) is 4.79 Å². The van der Waals surface area contributed by atoms with Gasteiger partial charge < -0.3 is 9.84 Å². The molecule has 24 heavy (non-hydrogen) atoms. The second-order valence-corrected chi connectivity index (χ2v) is 8.63. The van der Waals surface area contributed by atoms with Crippen LogP contribution < -0.4 is 5.32 Å². The Kier molecular flexibility index (Phi) is 4.83. The summed E-state index contributed by atoms with van der Waals surface area (Å²) in [5.41, 5.74) is 0. The SMILES string of the molecule is C=CC(=O)NC1CCN(S(=O)(=O)c2ccc(-c3ccno3)s2)CC1. The zero-order chi connectivity index (χ0) is 17.2. The molecule has 1 N–H and O–H groups in total. The first kappa shape index (κ1) is 16.9. The van der Waals surface area contributed by atoms with Crippen LogP contribution in [-0.4, -0.2) is 42.9 Å². The maximum absolute atomic E-state index is 12.7. The molecule has 3 rings (SSSR count). The third-order valence-electron chi connectivity index (χ3n) is 3.84. The normalized spacial score (nSPS) is 16.8. The molecular weight excluding hydrogens is 350 g/mol. The molecule has 0 radical (unpaired) electrons. The van der Waals surface area contributed by atoms with Crippen LogP contribution in [0.25, 0.3) is 10.6 Å². The first-order valence-electron chi connectivity index (χ1n) is 7.44. The Morgan fingerprint density at radius 3 is 2.75 bits per heavy atom. The fourth-order valence-electron chi connectivity index (χ4n) is 2.56. The van der Waals surface area contributed by atoms with Gasteiger partial charge in [0.25, 0.3) is 10.0 Å². The zero-order valence-electron chi connectivity index (χ0n) is 12.8. The molecule has 9 heteroatoms. The second kappa shape index (κ2) is 6.88. The van der Waals surface area contributed by atoms with Crippen LogP contribution in [0.2, 0.25) is 0 Å². The third kappa shape index (κ3) is 3.42. The number of carbonyl (C=O) groups excluding carboxylic acids is 1. The second-order valence-electron chi connectivity index (χ2n) is 5.39. The summed E-state index contributed by atoms with van der Waals surface area (Å²) < 4.78 is 32.3. The lowest BCUT2D eigenvalue weighted by Gasteiger charge is -2.31. The summed E-state index contributed by atoms with van der Waals surface area (Å²) in [6, 6.07) is 4.98. The van der Waals surface area contributed by atoms with Crippen LogP contribution in [0.5, 0.6) is 0 Å². The summed E-state index contributed by atoms with van der Waals surface area (Å²) in [7, 11) is -3.53. The minimum atomic E-state index is -3.53. The van der Waals surface area contributed by atoms with E-state index < -0.39 is 10.0 Å². The van der Waals surface area contributed by atoms with Crippen molar-refractivity contribution in [2.75, 3.05) is 13.1 Å². The van der Waals surface area contributed by atoms with E-state index in [9.17, 15) is 13.2 Å². The van der Waals surface area contributed by atoms with E-state index in [4.69, 9.17) is 4.52 Å². The molecule has 0 bridgehead atoms. The highest BCUT2D eigenvalue weighted by atomic mass is 32.2. The first-order chi connectivity index (χ1) is 11.5. The minimum absolute atomic E-state index is 0.0185. The van der Waals surface area contributed by atoms with Crippen molar-refractivity contribution in [1.82, 2.24) is 14.8 Å². The molecule has 0 aliphatic carbocycles. The van der Waals surface area contributed by atoms with Gasteiger partial charge in [-0.1, -0.05) is 11.7 Å². The Morgan fingerprint density at radius 2 is 2.12 bits per heavy atom. The number of nitrogens with zero attached hydrogens (tertiary/aromatic N) is 2. The highest BCUT2D eigenvalue weighted by Crippen LogP contribution is 2.32. The average Bonchev–Trinajstić information content (AvgIpc) is 3.26. The van der Waals surface area contributed by atoms with E-state index in [1.807, 2.05) is 0 Å². The Morgan fingerprint density at radius 1 is 1.38 bits per heavy atom. The van der Waals surface area contributed by atoms with Crippen LogP contribution in [0, 0.1) is 0 Å². The van der Waals surface area contributed by atoms with E-state index in [2.05, 4.69) is 17.1 Å². The molecule has 0 unspecified atom stereocenters. The van der Waals surface area contributed by atoms with Gasteiger partial charge in [0.2, 0.25) is 5.91 Å². The summed E-state index contributed by atoms with van der Waals surface area (Å²) in [5.74, 6) is 0.318. The fourth-order valence-corrected chi connectivity index (χ4v) is 5.45. The Balaban J connectivity index is 1.68. The maximum atomic E-state index is 12.7. The van der Waals surface area contributed by atoms with Crippen LogP contribution in [-0.2, 0) is 14.8 Å². The van der Waals surface area contributed by atoms with E-state index in [1.165, 1.54) is 16.6 Å². The molecule has 128 valence electrons. The van der Waals surface area contributed by atoms with Gasteiger partial charge in [0, 0.05) is 25.2 Å². The van der Waals surface area contributed by atoms with E-state index in [-0.39, 0.29) is 16.2 Å². The molecule has 0 spiro atoms. The lowest BCUT2D eigenvalue weighted by molar-refractivity contribution is -0.117. The molecular formula is C15H17N3O4S2. The number of amides is 1. The van der Waals surface area contributed by atoms with Crippen LogP contribution in [0.15, 0.2) is 45.8 Å². The van der Waals surface area contributed by atoms with Gasteiger partial charge >= 0.3 is 0 Å². The quantitative estimate of drug-likeness (QED) is 0.814. The Labute approximate surface area is 144 Å². The standard InChI is InChI=1S/C15H17N3O4S2/c1-2-14(19)17-11-6-9-18(10-7-11)24(20,21)15-4-3-13(23-15)12-5-8-16-22-12/h2-5,8,11H,1,6-7,9-10H2,(H,17,19). The predicted octanol–water partition coefficient (Wildman–Crippen LogP) is 1.86. The van der Waals surface area contributed by atoms with Crippen LogP contribution in [0.4, 0.5) is 0 Å². The molecule has 0 atom stereocenters. The Hall–Kier alpha value is -1.97. The molecule has 1 aliphatic heterocycles. The molecule has 2 aromatic rings. The number of rotatable bonds is 5. The lowest BCUT2D eigenvalue weighted by atomic mass is 10.1. The summed E-state index contributed by atoms with van der Waals surface area (Å²) in [6.07, 6.45) is 3.91. The number of hydrogen-bond donors (Lipinski definition) is 1. The number of piperidine rings is 1. The van der Waals surface area contributed by atoms with Gasteiger partial charge in [0.05, 0.1) is 11.1 Å². The zero-order valence-corrected chi connectivity index (χ0v) is 14.5. The van der Waals surface area contributed by atoms with Gasteiger partial charge in [-0.25, -0.2) is 8.42 Å². The summed E-state index contributed by atoms with van der Waals surface area (Å²) >= 11 is 1.16. The number of carbonyl (C=O) groups is 1. The minimum Gasteiger partial charge on any atom is -0.355 e. The average molecular weight is 367 g/mol. The fraction of sp³-hybridized carbons (Fsp3) is 0.333. The molecule has 1 aliphatic rings. The van der Waals surface area contributed by atoms with Gasteiger partial charge in [0.1, 0.15) is 4.21 Å². The van der Waals surface area contributed by atoms with Gasteiger partial charge in [-0.05, 0) is 31.1 Å². The van der Waals surface area contributed by atoms with Crippen molar-refractivity contribution in [3.63, 3.8) is 0 Å². The smallest absolute Gasteiger partial charge is 0.252 e. The maximum Gasteiger partial charge on any atom is 0.252 e. The third-order valence-corrected chi connectivity index (χ3v) is 7.31. The number of thiophene rings is 1. The Bertz CT molecular complexity index is 819. The molecule has 0 aromatic carbocycles. The number of sulfonamides is 1. The molecule has 1 fully saturated rings. The van der Waals surface area contributed by atoms with E-state index in [1.54, 1.807) is 18.2 Å². The van der Waals surface area contributed by atoms with Crippen molar-refractivity contribution < 1.29 is 17.7 Å². The van der Waals surface area contributed by atoms with Crippen LogP contribution in [0.1, 0.15) is 12.8 Å². The van der Waals surface area contributed by atoms with Crippen molar-refractivity contribution in [1.29, 1.82) is 0 Å². The van der Waals surface area contributed by atoms with E-state index >= 15 is 0 Å². The predicted molar refractivity (Wildman–Crippen MR) is 89.9 cm³/mol. The lowest BCUT2D eigenvalue weighted by Crippen LogP contribution is -2.46. The van der Waals surface area contributed by atoms with Crippen molar-refractivity contribution in [2.45, 2.75) is 23.1 Å². The van der Waals surface area contributed by atoms with Crippen molar-refractivity contribution in [2.24, 2.45) is 0 Å². The summed E-state index contributed by atoms with van der Waals surface area (Å²) in [5, 5.41) is 6.44. The number of nitrogens with one attached hydrogen (secondary N) is 1. The highest BCUT2D eigenvalue weighted by Gasteiger charge is 2.31. The van der Waals surface area contributed by atoms with Gasteiger partial charge in [0.15, 0.2) is 5.76 Å². The van der Waals surface area contributed by atoms with Crippen molar-refractivity contribution >= 4 is 27.3 Å². The van der Waals surface area contributed by atoms with E-state index in [0.29, 0.717) is 31.7 Å². The van der Waals surface area contributed by atoms with Crippen molar-refractivity contribution in [3.05, 3.63) is 37.1 Å². The molecule has 1 amide bonds. The van der Waals surface area contributed by atoms with E-state index in [0.717, 1.165) is 16.2 Å². The first-order valence-corrected chi connectivity index (χ1v) is 9.70. The molecule has 1 saturated heterocycles. The van der Waals surface area contributed by atoms with Crippen LogP contribution >= 0.6 is 11.3 Å². The number of hydrogen-bond acceptors (Lipinski definition) is 6. The highest BCUT2D eigenvalue weighted by molar-refractivity contribution is 7.91. The van der Waals surface area contributed by atoms with Crippen LogP contribution in [0.3, 0.4) is 0 Å². The molecule has 0 saturated carbocycles. The molecule has 2 aromatic heterocycles. The largest absolute Gasteiger partial charge is 0.355 e. The summed E-state index contributed by atoms with van der Waals surface area (Å²) in [4.78, 5) is 12.0. The monoisotopic (exact) mass is 367 g/mol. The summed E-state index contributed by atoms with van der Waals surface area (Å²) in [6.45, 7) is 4.16. The molecule has 7 nitrogen and oxygen atoms in total. The molecule has 3 heterocycles. The van der Waals surface area contributed by atoms with Gasteiger partial charge in [-0.2, -0.15) is 4.31 Å². The van der Waals surface area contributed by atoms with Crippen molar-refractivity contribution in [3.8, 4) is 10.6 Å². The topological polar surface area (TPSA) is 92.5 Å². The number of aromatic nitrogens is 1. The van der Waals surface area contributed by atoms with Gasteiger partial charge in [-0.15, -0.1) is 11.3 Å².